The lowest BCUT2D eigenvalue weighted by atomic mass is 9.77. The van der Waals surface area contributed by atoms with Gasteiger partial charge in [0.15, 0.2) is 40.6 Å². The Bertz CT molecular complexity index is 954. The summed E-state index contributed by atoms with van der Waals surface area (Å²) in [5.41, 5.74) is -1.43. The van der Waals surface area contributed by atoms with Crippen molar-refractivity contribution < 1.29 is 41.5 Å². The van der Waals surface area contributed by atoms with Gasteiger partial charge >= 0.3 is 7.12 Å². The molecule has 0 aliphatic heterocycles. The minimum Gasteiger partial charge on any atom is -0.519 e. The van der Waals surface area contributed by atoms with Crippen molar-refractivity contribution in [2.45, 2.75) is 0 Å². The summed E-state index contributed by atoms with van der Waals surface area (Å²) in [5, 5.41) is 19.6. The lowest BCUT2D eigenvalue weighted by Gasteiger charge is -2.19. The Labute approximate surface area is 155 Å². The van der Waals surface area contributed by atoms with Gasteiger partial charge in [0.2, 0.25) is 0 Å². The summed E-state index contributed by atoms with van der Waals surface area (Å²) < 4.78 is 79.5. The Balaban J connectivity index is 2.14. The highest BCUT2D eigenvalue weighted by molar-refractivity contribution is 6.63. The van der Waals surface area contributed by atoms with Gasteiger partial charge in [-0.3, -0.25) is 0 Å². The van der Waals surface area contributed by atoms with E-state index >= 15 is 0 Å². The van der Waals surface area contributed by atoms with E-state index in [2.05, 4.69) is 0 Å². The molecule has 3 aromatic rings. The topological polar surface area (TPSA) is 58.9 Å². The number of benzene rings is 3. The Morgan fingerprint density at radius 1 is 0.571 bits per heavy atom. The second kappa shape index (κ2) is 7.67. The fraction of sp³-hybridized carbons (Fsp3) is 0. The molecule has 0 amide bonds. The van der Waals surface area contributed by atoms with Crippen molar-refractivity contribution in [3.63, 3.8) is 0 Å². The maximum atomic E-state index is 14.3. The molecule has 10 heteroatoms. The van der Waals surface area contributed by atoms with Crippen molar-refractivity contribution in [3.8, 4) is 23.0 Å². The smallest absolute Gasteiger partial charge is 0.519 e. The average molecular weight is 396 g/mol. The molecule has 0 saturated carbocycles. The van der Waals surface area contributed by atoms with Gasteiger partial charge in [0.05, 0.1) is 5.46 Å². The van der Waals surface area contributed by atoms with Crippen molar-refractivity contribution in [2.24, 2.45) is 0 Å². The molecule has 0 atom stereocenters. The van der Waals surface area contributed by atoms with Crippen molar-refractivity contribution in [1.29, 1.82) is 0 Å². The molecule has 28 heavy (non-hydrogen) atoms. The van der Waals surface area contributed by atoms with Crippen LogP contribution in [0.25, 0.3) is 0 Å². The highest BCUT2D eigenvalue weighted by Gasteiger charge is 2.40. The van der Waals surface area contributed by atoms with E-state index in [1.165, 1.54) is 48.5 Å². The maximum Gasteiger partial charge on any atom is 0.639 e. The van der Waals surface area contributed by atoms with Crippen LogP contribution in [0.1, 0.15) is 0 Å². The first kappa shape index (κ1) is 19.3. The third kappa shape index (κ3) is 3.53. The van der Waals surface area contributed by atoms with Crippen LogP contribution in [0.5, 0.6) is 23.0 Å². The normalized spacial score (nSPS) is 10.6. The molecule has 4 nitrogen and oxygen atoms in total. The zero-order valence-electron chi connectivity index (χ0n) is 13.8. The van der Waals surface area contributed by atoms with E-state index < -0.39 is 53.2 Å². The van der Waals surface area contributed by atoms with Crippen LogP contribution in [0.2, 0.25) is 0 Å². The molecule has 0 aromatic heterocycles. The quantitative estimate of drug-likeness (QED) is 0.299. The molecular formula is C18H10BF5O4. The second-order valence-electron chi connectivity index (χ2n) is 5.49. The van der Waals surface area contributed by atoms with Gasteiger partial charge in [0.1, 0.15) is 11.5 Å². The summed E-state index contributed by atoms with van der Waals surface area (Å²) >= 11 is 0. The molecule has 3 rings (SSSR count). The van der Waals surface area contributed by atoms with Crippen LogP contribution >= 0.6 is 0 Å². The number of rotatable bonds is 5. The monoisotopic (exact) mass is 396 g/mol. The average Bonchev–Trinajstić information content (AvgIpc) is 2.68. The lowest BCUT2D eigenvalue weighted by Crippen LogP contribution is -2.47. The van der Waals surface area contributed by atoms with Crippen LogP contribution in [-0.2, 0) is 0 Å². The zero-order chi connectivity index (χ0) is 20.4. The third-order valence-electron chi connectivity index (χ3n) is 3.68. The highest BCUT2D eigenvalue weighted by atomic mass is 19.2. The van der Waals surface area contributed by atoms with E-state index in [1.807, 2.05) is 0 Å². The van der Waals surface area contributed by atoms with E-state index in [0.717, 1.165) is 0 Å². The van der Waals surface area contributed by atoms with Crippen LogP contribution in [0.4, 0.5) is 22.0 Å². The molecule has 0 unspecified atom stereocenters. The highest BCUT2D eigenvalue weighted by Crippen LogP contribution is 2.29. The summed E-state index contributed by atoms with van der Waals surface area (Å²) in [4.78, 5) is 0. The van der Waals surface area contributed by atoms with Crippen LogP contribution in [0.3, 0.4) is 0 Å². The van der Waals surface area contributed by atoms with Crippen molar-refractivity contribution in [3.05, 3.63) is 77.6 Å². The van der Waals surface area contributed by atoms with Crippen molar-refractivity contribution >= 4 is 12.6 Å². The van der Waals surface area contributed by atoms with E-state index in [-0.39, 0.29) is 11.5 Å². The fourth-order valence-corrected chi connectivity index (χ4v) is 2.32. The van der Waals surface area contributed by atoms with Gasteiger partial charge in [-0.05, 0) is 24.3 Å². The standard InChI is InChI=1S/C18H10BF5O4/c20-14-13(15(21)17(23)18(24)16(14)22)19(27-11-7-3-1-5-9(11)25)28-12-8-4-2-6-10(12)26/h1-8,25-26H. The van der Waals surface area contributed by atoms with E-state index in [4.69, 9.17) is 9.31 Å². The minimum atomic E-state index is -2.34. The van der Waals surface area contributed by atoms with Crippen LogP contribution in [0.15, 0.2) is 48.5 Å². The van der Waals surface area contributed by atoms with Gasteiger partial charge in [-0.1, -0.05) is 24.3 Å². The third-order valence-corrected chi connectivity index (χ3v) is 3.68. The molecule has 2 N–H and O–H groups in total. The largest absolute Gasteiger partial charge is 0.639 e. The first-order chi connectivity index (χ1) is 13.3. The maximum absolute atomic E-state index is 14.3. The minimum absolute atomic E-state index is 0.355. The van der Waals surface area contributed by atoms with Crippen LogP contribution in [0, 0.1) is 29.1 Å². The van der Waals surface area contributed by atoms with Crippen molar-refractivity contribution in [2.75, 3.05) is 0 Å². The predicted molar refractivity (Wildman–Crippen MR) is 89.1 cm³/mol. The number of phenols is 2. The number of halogens is 5. The zero-order valence-corrected chi connectivity index (χ0v) is 13.8. The number of hydrogen-bond acceptors (Lipinski definition) is 4. The molecule has 0 radical (unpaired) electrons. The summed E-state index contributed by atoms with van der Waals surface area (Å²) in [5.74, 6) is -12.7. The first-order valence-corrected chi connectivity index (χ1v) is 7.72. The molecule has 0 bridgehead atoms. The Hall–Kier alpha value is -3.43. The van der Waals surface area contributed by atoms with Gasteiger partial charge in [0, 0.05) is 0 Å². The molecule has 144 valence electrons. The van der Waals surface area contributed by atoms with E-state index in [1.54, 1.807) is 0 Å². The SMILES string of the molecule is Oc1ccccc1OB(Oc1ccccc1O)c1c(F)c(F)c(F)c(F)c1F. The van der Waals surface area contributed by atoms with Gasteiger partial charge in [-0.2, -0.15) is 0 Å². The predicted octanol–water partition coefficient (Wildman–Crippen LogP) is 3.65. The molecule has 0 heterocycles. The number of phenolic OH excluding ortho intramolecular Hbond substituents is 2. The van der Waals surface area contributed by atoms with Gasteiger partial charge in [-0.15, -0.1) is 0 Å². The molecule has 0 fully saturated rings. The van der Waals surface area contributed by atoms with E-state index in [9.17, 15) is 32.2 Å². The van der Waals surface area contributed by atoms with Gasteiger partial charge in [0.25, 0.3) is 0 Å². The lowest BCUT2D eigenvalue weighted by molar-refractivity contribution is 0.366. The molecule has 0 aliphatic rings. The molecular weight excluding hydrogens is 386 g/mol. The number of hydrogen-bond donors (Lipinski definition) is 2. The van der Waals surface area contributed by atoms with Gasteiger partial charge in [-0.25, -0.2) is 22.0 Å². The molecule has 0 aliphatic carbocycles. The molecule has 3 aromatic carbocycles. The summed E-state index contributed by atoms with van der Waals surface area (Å²) in [6.45, 7) is 0. The summed E-state index contributed by atoms with van der Waals surface area (Å²) in [6.07, 6.45) is 0. The summed E-state index contributed by atoms with van der Waals surface area (Å²) in [7, 11) is -2.23. The van der Waals surface area contributed by atoms with Gasteiger partial charge < -0.3 is 19.5 Å². The van der Waals surface area contributed by atoms with E-state index in [0.29, 0.717) is 0 Å². The number of para-hydroxylation sites is 4. The molecule has 0 saturated heterocycles. The first-order valence-electron chi connectivity index (χ1n) is 7.72. The number of aromatic hydroxyl groups is 2. The Kier molecular flexibility index (Phi) is 5.30. The van der Waals surface area contributed by atoms with Crippen molar-refractivity contribution in [1.82, 2.24) is 0 Å². The molecule has 0 spiro atoms. The van der Waals surface area contributed by atoms with Crippen LogP contribution in [-0.4, -0.2) is 17.3 Å². The second-order valence-corrected chi connectivity index (χ2v) is 5.49. The Morgan fingerprint density at radius 3 is 1.32 bits per heavy atom. The summed E-state index contributed by atoms with van der Waals surface area (Å²) in [6, 6.07) is 10.3. The Morgan fingerprint density at radius 2 is 0.929 bits per heavy atom. The fourth-order valence-electron chi connectivity index (χ4n) is 2.32. The van der Waals surface area contributed by atoms with Crippen LogP contribution < -0.4 is 14.8 Å².